The van der Waals surface area contributed by atoms with E-state index in [-0.39, 0.29) is 11.9 Å². The molecule has 1 aliphatic rings. The number of benzene rings is 1. The van der Waals surface area contributed by atoms with Crippen LogP contribution >= 0.6 is 0 Å². The van der Waals surface area contributed by atoms with E-state index in [1.807, 2.05) is 44.2 Å². The molecule has 1 aliphatic heterocycles. The second-order valence-electron chi connectivity index (χ2n) is 5.57. The van der Waals surface area contributed by atoms with Gasteiger partial charge in [-0.2, -0.15) is 0 Å². The van der Waals surface area contributed by atoms with Crippen molar-refractivity contribution < 1.29 is 4.79 Å². The summed E-state index contributed by atoms with van der Waals surface area (Å²) in [5.74, 6) is 0.657. The Morgan fingerprint density at radius 3 is 2.64 bits per heavy atom. The number of carbonyl (C=O) groups is 1. The first-order valence-corrected chi connectivity index (χ1v) is 7.34. The van der Waals surface area contributed by atoms with Gasteiger partial charge in [0.1, 0.15) is 6.04 Å². The molecule has 0 saturated carbocycles. The minimum Gasteiger partial charge on any atom is -0.325 e. The summed E-state index contributed by atoms with van der Waals surface area (Å²) in [5.41, 5.74) is 8.65. The zero-order valence-electron chi connectivity index (χ0n) is 12.6. The molecule has 2 atom stereocenters. The Morgan fingerprint density at radius 2 is 2.00 bits per heavy atom. The number of hydrogen-bond acceptors (Lipinski definition) is 5. The van der Waals surface area contributed by atoms with Crippen molar-refractivity contribution in [2.75, 3.05) is 5.32 Å². The molecule has 22 heavy (non-hydrogen) atoms. The first-order valence-electron chi connectivity index (χ1n) is 7.34. The van der Waals surface area contributed by atoms with Gasteiger partial charge < -0.3 is 5.32 Å². The Labute approximate surface area is 129 Å². The number of nitrogens with one attached hydrogen (secondary N) is 3. The van der Waals surface area contributed by atoms with E-state index in [1.165, 1.54) is 0 Å². The van der Waals surface area contributed by atoms with Crippen molar-refractivity contribution in [1.82, 2.24) is 20.8 Å². The quantitative estimate of drug-likeness (QED) is 0.803. The van der Waals surface area contributed by atoms with E-state index in [2.05, 4.69) is 26.1 Å². The zero-order valence-corrected chi connectivity index (χ0v) is 12.6. The number of amides is 1. The number of anilines is 1. The van der Waals surface area contributed by atoms with Crippen LogP contribution in [0, 0.1) is 6.92 Å². The van der Waals surface area contributed by atoms with Crippen molar-refractivity contribution in [2.45, 2.75) is 32.4 Å². The summed E-state index contributed by atoms with van der Waals surface area (Å²) in [7, 11) is 0. The van der Waals surface area contributed by atoms with Gasteiger partial charge in [-0.1, -0.05) is 0 Å². The summed E-state index contributed by atoms with van der Waals surface area (Å²) in [5, 5.41) is 2.91. The fraction of sp³-hybridized carbons (Fsp3) is 0.312. The largest absolute Gasteiger partial charge is 0.325 e. The van der Waals surface area contributed by atoms with E-state index in [9.17, 15) is 4.79 Å². The molecule has 6 nitrogen and oxygen atoms in total. The van der Waals surface area contributed by atoms with Crippen LogP contribution in [0.1, 0.15) is 19.0 Å². The first kappa shape index (κ1) is 14.6. The van der Waals surface area contributed by atoms with Crippen LogP contribution in [0.2, 0.25) is 0 Å². The molecule has 0 radical (unpaired) electrons. The summed E-state index contributed by atoms with van der Waals surface area (Å²) < 4.78 is 0. The van der Waals surface area contributed by atoms with Crippen molar-refractivity contribution >= 4 is 11.6 Å². The lowest BCUT2D eigenvalue weighted by atomic mass is 10.1. The molecule has 2 aromatic rings. The van der Waals surface area contributed by atoms with E-state index >= 15 is 0 Å². The van der Waals surface area contributed by atoms with E-state index in [0.717, 1.165) is 23.4 Å². The molecule has 1 amide bonds. The van der Waals surface area contributed by atoms with E-state index in [4.69, 9.17) is 0 Å². The summed E-state index contributed by atoms with van der Waals surface area (Å²) in [6, 6.07) is 9.52. The van der Waals surface area contributed by atoms with E-state index in [0.29, 0.717) is 11.9 Å². The Hall–Kier alpha value is -2.31. The monoisotopic (exact) mass is 297 g/mol. The van der Waals surface area contributed by atoms with E-state index in [1.54, 1.807) is 6.20 Å². The van der Waals surface area contributed by atoms with Crippen LogP contribution < -0.4 is 16.2 Å². The Morgan fingerprint density at radius 1 is 1.23 bits per heavy atom. The topological polar surface area (TPSA) is 78.9 Å². The van der Waals surface area contributed by atoms with Gasteiger partial charge in [0, 0.05) is 29.2 Å². The third-order valence-electron chi connectivity index (χ3n) is 3.62. The number of nitrogens with zero attached hydrogens (tertiary/aromatic N) is 2. The van der Waals surface area contributed by atoms with Crippen LogP contribution in [0.4, 0.5) is 5.69 Å². The zero-order chi connectivity index (χ0) is 15.5. The highest BCUT2D eigenvalue weighted by Crippen LogP contribution is 2.18. The lowest BCUT2D eigenvalue weighted by Crippen LogP contribution is -2.39. The molecule has 0 bridgehead atoms. The summed E-state index contributed by atoms with van der Waals surface area (Å²) in [6.45, 7) is 3.97. The lowest BCUT2D eigenvalue weighted by molar-refractivity contribution is -0.117. The minimum absolute atomic E-state index is 0.0311. The molecule has 1 aromatic heterocycles. The molecular formula is C16H19N5O. The molecular weight excluding hydrogens is 278 g/mol. The number of hydrazine groups is 1. The number of aromatic nitrogens is 2. The van der Waals surface area contributed by atoms with Crippen LogP contribution in [-0.4, -0.2) is 28.0 Å². The van der Waals surface area contributed by atoms with Crippen LogP contribution in [0.3, 0.4) is 0 Å². The first-order chi connectivity index (χ1) is 10.6. The molecule has 2 unspecified atom stereocenters. The Balaban J connectivity index is 1.68. The van der Waals surface area contributed by atoms with Gasteiger partial charge in [-0.05, 0) is 50.6 Å². The molecule has 3 N–H and O–H groups in total. The fourth-order valence-corrected chi connectivity index (χ4v) is 2.41. The van der Waals surface area contributed by atoms with Gasteiger partial charge in [-0.25, -0.2) is 15.4 Å². The lowest BCUT2D eigenvalue weighted by Gasteiger charge is -2.11. The van der Waals surface area contributed by atoms with Gasteiger partial charge in [0.2, 0.25) is 5.91 Å². The van der Waals surface area contributed by atoms with Gasteiger partial charge in [-0.3, -0.25) is 10.2 Å². The fourth-order valence-electron chi connectivity index (χ4n) is 2.41. The van der Waals surface area contributed by atoms with Crippen LogP contribution in [0.25, 0.3) is 11.4 Å². The third kappa shape index (κ3) is 3.29. The van der Waals surface area contributed by atoms with Gasteiger partial charge in [0.15, 0.2) is 5.82 Å². The highest BCUT2D eigenvalue weighted by molar-refractivity contribution is 5.95. The predicted octanol–water partition coefficient (Wildman–Crippen LogP) is 1.65. The van der Waals surface area contributed by atoms with E-state index < -0.39 is 0 Å². The maximum Gasteiger partial charge on any atom is 0.242 e. The van der Waals surface area contributed by atoms with Crippen LogP contribution in [0.5, 0.6) is 0 Å². The molecule has 1 fully saturated rings. The highest BCUT2D eigenvalue weighted by Gasteiger charge is 2.26. The molecule has 6 heteroatoms. The number of carbonyl (C=O) groups excluding carboxylic acids is 1. The average Bonchev–Trinajstić information content (AvgIpc) is 2.95. The second kappa shape index (κ2) is 6.21. The van der Waals surface area contributed by atoms with Crippen molar-refractivity contribution in [3.05, 3.63) is 42.2 Å². The maximum atomic E-state index is 12.1. The standard InChI is InChI=1S/C16H19N5O/c1-10-7-8-17-15(18-10)12-3-5-13(6-4-12)19-16(22)14-9-11(2)20-21-14/h3-8,11,14,20-21H,9H2,1-2H3,(H,19,22). The summed E-state index contributed by atoms with van der Waals surface area (Å²) in [6.07, 6.45) is 2.52. The number of hydrogen-bond donors (Lipinski definition) is 3. The highest BCUT2D eigenvalue weighted by atomic mass is 16.2. The molecule has 114 valence electrons. The number of aryl methyl sites for hydroxylation is 1. The predicted molar refractivity (Wildman–Crippen MR) is 85.0 cm³/mol. The van der Waals surface area contributed by atoms with Crippen LogP contribution in [-0.2, 0) is 4.79 Å². The third-order valence-corrected chi connectivity index (χ3v) is 3.62. The molecule has 0 aliphatic carbocycles. The van der Waals surface area contributed by atoms with Crippen LogP contribution in [0.15, 0.2) is 36.5 Å². The Kier molecular flexibility index (Phi) is 4.13. The molecule has 2 heterocycles. The average molecular weight is 297 g/mol. The Bertz CT molecular complexity index is 670. The second-order valence-corrected chi connectivity index (χ2v) is 5.57. The van der Waals surface area contributed by atoms with Crippen molar-refractivity contribution in [3.8, 4) is 11.4 Å². The molecule has 1 saturated heterocycles. The SMILES string of the molecule is Cc1ccnc(-c2ccc(NC(=O)C3CC(C)NN3)cc2)n1. The van der Waals surface area contributed by atoms with Crippen molar-refractivity contribution in [2.24, 2.45) is 0 Å². The normalized spacial score (nSPS) is 20.8. The van der Waals surface area contributed by atoms with Crippen molar-refractivity contribution in [1.29, 1.82) is 0 Å². The molecule has 0 spiro atoms. The van der Waals surface area contributed by atoms with Gasteiger partial charge in [-0.15, -0.1) is 0 Å². The van der Waals surface area contributed by atoms with Gasteiger partial charge >= 0.3 is 0 Å². The molecule has 1 aromatic carbocycles. The minimum atomic E-state index is -0.199. The molecule has 3 rings (SSSR count). The van der Waals surface area contributed by atoms with Crippen molar-refractivity contribution in [3.63, 3.8) is 0 Å². The maximum absolute atomic E-state index is 12.1. The smallest absolute Gasteiger partial charge is 0.242 e. The van der Waals surface area contributed by atoms with Gasteiger partial charge in [0.05, 0.1) is 0 Å². The summed E-state index contributed by atoms with van der Waals surface area (Å²) >= 11 is 0. The van der Waals surface area contributed by atoms with Gasteiger partial charge in [0.25, 0.3) is 0 Å². The summed E-state index contributed by atoms with van der Waals surface area (Å²) in [4.78, 5) is 20.8. The number of rotatable bonds is 3.